The van der Waals surface area contributed by atoms with Gasteiger partial charge in [0.1, 0.15) is 0 Å². The number of likely N-dealkylation sites (tertiary alicyclic amines) is 2. The van der Waals surface area contributed by atoms with Gasteiger partial charge in [-0.05, 0) is 25.8 Å². The summed E-state index contributed by atoms with van der Waals surface area (Å²) in [4.78, 5) is 27.5. The zero-order chi connectivity index (χ0) is 13.1. The van der Waals surface area contributed by atoms with E-state index in [4.69, 9.17) is 4.74 Å². The Labute approximate surface area is 108 Å². The van der Waals surface area contributed by atoms with E-state index < -0.39 is 0 Å². The highest BCUT2D eigenvalue weighted by atomic mass is 16.5. The Balaban J connectivity index is 2.03. The number of likely N-dealkylation sites (N-methyl/N-ethyl adjacent to an activating group) is 1. The summed E-state index contributed by atoms with van der Waals surface area (Å²) in [6, 6.07) is 0.150. The molecule has 1 amide bonds. The van der Waals surface area contributed by atoms with Gasteiger partial charge in [-0.25, -0.2) is 0 Å². The molecule has 0 aromatic carbocycles. The van der Waals surface area contributed by atoms with Crippen molar-refractivity contribution in [2.24, 2.45) is 0 Å². The molecule has 0 aromatic heterocycles. The first-order chi connectivity index (χ1) is 8.63. The highest BCUT2D eigenvalue weighted by Gasteiger charge is 2.38. The lowest BCUT2D eigenvalue weighted by Gasteiger charge is -2.38. The lowest BCUT2D eigenvalue weighted by Crippen LogP contribution is -2.50. The quantitative estimate of drug-likeness (QED) is 0.693. The third-order valence-corrected chi connectivity index (χ3v) is 4.10. The van der Waals surface area contributed by atoms with Crippen molar-refractivity contribution in [2.75, 3.05) is 27.2 Å². The number of hydrogen-bond donors (Lipinski definition) is 0. The maximum atomic E-state index is 12.1. The molecule has 5 nitrogen and oxygen atoms in total. The van der Waals surface area contributed by atoms with Gasteiger partial charge >= 0.3 is 5.97 Å². The lowest BCUT2D eigenvalue weighted by atomic mass is 9.96. The molecule has 18 heavy (non-hydrogen) atoms. The molecule has 5 heteroatoms. The first-order valence-electron chi connectivity index (χ1n) is 6.71. The molecular formula is C13H22N2O3. The predicted octanol–water partition coefficient (Wildman–Crippen LogP) is 0.635. The summed E-state index contributed by atoms with van der Waals surface area (Å²) < 4.78 is 4.75. The molecule has 0 N–H and O–H groups in total. The van der Waals surface area contributed by atoms with Gasteiger partial charge < -0.3 is 9.64 Å². The predicted molar refractivity (Wildman–Crippen MR) is 67.0 cm³/mol. The van der Waals surface area contributed by atoms with Crippen molar-refractivity contribution in [3.05, 3.63) is 0 Å². The number of ether oxygens (including phenoxy) is 1. The van der Waals surface area contributed by atoms with E-state index in [0.29, 0.717) is 6.42 Å². The number of amides is 1. The Hall–Kier alpha value is -1.10. The molecule has 2 heterocycles. The van der Waals surface area contributed by atoms with Crippen LogP contribution in [0, 0.1) is 0 Å². The van der Waals surface area contributed by atoms with E-state index >= 15 is 0 Å². The molecule has 2 saturated heterocycles. The molecular weight excluding hydrogens is 232 g/mol. The fourth-order valence-corrected chi connectivity index (χ4v) is 3.04. The van der Waals surface area contributed by atoms with Crippen molar-refractivity contribution >= 4 is 11.9 Å². The monoisotopic (exact) mass is 254 g/mol. The number of carbonyl (C=O) groups is 2. The fraction of sp³-hybridized carbons (Fsp3) is 0.846. The highest BCUT2D eigenvalue weighted by molar-refractivity contribution is 5.83. The number of esters is 1. The second kappa shape index (κ2) is 5.69. The largest absolute Gasteiger partial charge is 0.469 e. The van der Waals surface area contributed by atoms with Gasteiger partial charge in [-0.15, -0.1) is 0 Å². The minimum atomic E-state index is -0.175. The SMILES string of the molecule is COC(=O)CC1CCCCN1C1CCN(C)C1=O. The molecule has 0 aromatic rings. The molecule has 2 fully saturated rings. The summed E-state index contributed by atoms with van der Waals surface area (Å²) in [5, 5.41) is 0. The fourth-order valence-electron chi connectivity index (χ4n) is 3.04. The zero-order valence-electron chi connectivity index (χ0n) is 11.2. The van der Waals surface area contributed by atoms with Crippen LogP contribution in [0.25, 0.3) is 0 Å². The number of rotatable bonds is 3. The summed E-state index contributed by atoms with van der Waals surface area (Å²) in [5.41, 5.74) is 0. The van der Waals surface area contributed by atoms with Gasteiger partial charge in [0, 0.05) is 19.6 Å². The Morgan fingerprint density at radius 2 is 2.11 bits per heavy atom. The number of methoxy groups -OCH3 is 1. The molecule has 2 atom stereocenters. The van der Waals surface area contributed by atoms with E-state index in [9.17, 15) is 9.59 Å². The minimum Gasteiger partial charge on any atom is -0.469 e. The lowest BCUT2D eigenvalue weighted by molar-refractivity contribution is -0.144. The smallest absolute Gasteiger partial charge is 0.307 e. The average Bonchev–Trinajstić information content (AvgIpc) is 2.71. The van der Waals surface area contributed by atoms with E-state index in [0.717, 1.165) is 38.8 Å². The van der Waals surface area contributed by atoms with Gasteiger partial charge in [0.25, 0.3) is 0 Å². The van der Waals surface area contributed by atoms with Crippen LogP contribution in [-0.2, 0) is 14.3 Å². The molecule has 2 aliphatic heterocycles. The Morgan fingerprint density at radius 3 is 2.72 bits per heavy atom. The highest BCUT2D eigenvalue weighted by Crippen LogP contribution is 2.26. The van der Waals surface area contributed by atoms with E-state index in [1.54, 1.807) is 4.90 Å². The van der Waals surface area contributed by atoms with Gasteiger partial charge in [0.05, 0.1) is 19.6 Å². The second-order valence-electron chi connectivity index (χ2n) is 5.23. The number of hydrogen-bond acceptors (Lipinski definition) is 4. The third-order valence-electron chi connectivity index (χ3n) is 4.10. The van der Waals surface area contributed by atoms with Gasteiger partial charge in [-0.1, -0.05) is 6.42 Å². The summed E-state index contributed by atoms with van der Waals surface area (Å²) in [7, 11) is 3.27. The minimum absolute atomic E-state index is 0.0232. The molecule has 0 radical (unpaired) electrons. The van der Waals surface area contributed by atoms with Crippen LogP contribution >= 0.6 is 0 Å². The maximum absolute atomic E-state index is 12.1. The van der Waals surface area contributed by atoms with E-state index in [1.807, 2.05) is 7.05 Å². The molecule has 2 rings (SSSR count). The zero-order valence-corrected chi connectivity index (χ0v) is 11.2. The first kappa shape index (κ1) is 13.3. The van der Waals surface area contributed by atoms with Crippen molar-refractivity contribution in [3.63, 3.8) is 0 Å². The topological polar surface area (TPSA) is 49.9 Å². The summed E-state index contributed by atoms with van der Waals surface area (Å²) in [6.45, 7) is 1.75. The number of piperidine rings is 1. The standard InChI is InChI=1S/C13H22N2O3/c1-14-8-6-11(13(14)17)15-7-4-3-5-10(15)9-12(16)18-2/h10-11H,3-9H2,1-2H3. The van der Waals surface area contributed by atoms with Gasteiger partial charge in [-0.3, -0.25) is 14.5 Å². The number of nitrogens with zero attached hydrogens (tertiary/aromatic N) is 2. The van der Waals surface area contributed by atoms with E-state index in [2.05, 4.69) is 4.90 Å². The Bertz CT molecular complexity index is 332. The van der Waals surface area contributed by atoms with E-state index in [-0.39, 0.29) is 24.0 Å². The van der Waals surface area contributed by atoms with Crippen LogP contribution in [-0.4, -0.2) is 61.0 Å². The van der Waals surface area contributed by atoms with Crippen molar-refractivity contribution < 1.29 is 14.3 Å². The first-order valence-corrected chi connectivity index (χ1v) is 6.71. The maximum Gasteiger partial charge on any atom is 0.307 e. The van der Waals surface area contributed by atoms with Crippen LogP contribution in [0.15, 0.2) is 0 Å². The van der Waals surface area contributed by atoms with Crippen LogP contribution in [0.4, 0.5) is 0 Å². The summed E-state index contributed by atoms with van der Waals surface area (Å²) >= 11 is 0. The van der Waals surface area contributed by atoms with Crippen molar-refractivity contribution in [3.8, 4) is 0 Å². The average molecular weight is 254 g/mol. The van der Waals surface area contributed by atoms with Crippen molar-refractivity contribution in [1.29, 1.82) is 0 Å². The van der Waals surface area contributed by atoms with Crippen LogP contribution in [0.5, 0.6) is 0 Å². The molecule has 0 spiro atoms. The molecule has 0 bridgehead atoms. The third kappa shape index (κ3) is 2.66. The van der Waals surface area contributed by atoms with Crippen LogP contribution < -0.4 is 0 Å². The summed E-state index contributed by atoms with van der Waals surface area (Å²) in [6.07, 6.45) is 4.53. The van der Waals surface area contributed by atoms with E-state index in [1.165, 1.54) is 7.11 Å². The summed E-state index contributed by atoms with van der Waals surface area (Å²) in [5.74, 6) is 0.0254. The van der Waals surface area contributed by atoms with Crippen molar-refractivity contribution in [2.45, 2.75) is 44.2 Å². The van der Waals surface area contributed by atoms with Gasteiger partial charge in [-0.2, -0.15) is 0 Å². The van der Waals surface area contributed by atoms with Crippen LogP contribution in [0.2, 0.25) is 0 Å². The molecule has 0 saturated carbocycles. The van der Waals surface area contributed by atoms with Crippen molar-refractivity contribution in [1.82, 2.24) is 9.80 Å². The number of carbonyl (C=O) groups excluding carboxylic acids is 2. The van der Waals surface area contributed by atoms with Gasteiger partial charge in [0.15, 0.2) is 0 Å². The second-order valence-corrected chi connectivity index (χ2v) is 5.23. The molecule has 0 aliphatic carbocycles. The molecule has 2 unspecified atom stereocenters. The molecule has 102 valence electrons. The Kier molecular flexibility index (Phi) is 4.22. The van der Waals surface area contributed by atoms with Crippen LogP contribution in [0.1, 0.15) is 32.1 Å². The normalized spacial score (nSPS) is 29.7. The van der Waals surface area contributed by atoms with Gasteiger partial charge in [0.2, 0.25) is 5.91 Å². The Morgan fingerprint density at radius 1 is 1.33 bits per heavy atom. The van der Waals surface area contributed by atoms with Crippen LogP contribution in [0.3, 0.4) is 0 Å². The molecule has 2 aliphatic rings.